The topological polar surface area (TPSA) is 60.7 Å². The van der Waals surface area contributed by atoms with Gasteiger partial charge < -0.3 is 15.3 Å². The zero-order chi connectivity index (χ0) is 15.2. The number of aliphatic hydroxyl groups is 3. The molecule has 112 valence electrons. The number of hydrogen-bond acceptors (Lipinski definition) is 4. The van der Waals surface area contributed by atoms with Crippen LogP contribution in [0.4, 0.5) is 0 Å². The van der Waals surface area contributed by atoms with Gasteiger partial charge in [-0.05, 0) is 40.8 Å². The van der Waals surface area contributed by atoms with Gasteiger partial charge in [0.05, 0.1) is 12.7 Å². The predicted octanol–water partition coefficient (Wildman–Crippen LogP) is 2.84. The number of thioether (sulfide) groups is 1. The highest BCUT2D eigenvalue weighted by Crippen LogP contribution is 2.33. The van der Waals surface area contributed by atoms with Crippen molar-refractivity contribution in [3.63, 3.8) is 0 Å². The first-order valence-corrected chi connectivity index (χ1v) is 8.45. The molecule has 0 spiro atoms. The Morgan fingerprint density at radius 2 is 1.90 bits per heavy atom. The van der Waals surface area contributed by atoms with Crippen LogP contribution in [0, 0.1) is 5.41 Å². The fraction of sp³-hybridized carbons (Fsp3) is 0.467. The molecule has 0 unspecified atom stereocenters. The zero-order valence-corrected chi connectivity index (χ0v) is 14.6. The Hall–Kier alpha value is -0.0800. The number of rotatable bonds is 7. The fourth-order valence-corrected chi connectivity index (χ4v) is 3.25. The lowest BCUT2D eigenvalue weighted by atomic mass is 9.85. The van der Waals surface area contributed by atoms with Crippen LogP contribution in [-0.4, -0.2) is 39.9 Å². The molecule has 0 saturated carbocycles. The number of halogens is 1. The normalized spacial score (nSPS) is 16.0. The number of aliphatic hydroxyl groups excluding tert-OH is 3. The molecule has 0 radical (unpaired) electrons. The van der Waals surface area contributed by atoms with Gasteiger partial charge in [0.1, 0.15) is 6.10 Å². The van der Waals surface area contributed by atoms with E-state index < -0.39 is 17.6 Å². The van der Waals surface area contributed by atoms with Crippen molar-refractivity contribution >= 4 is 34.4 Å². The van der Waals surface area contributed by atoms with E-state index in [1.54, 1.807) is 11.8 Å². The van der Waals surface area contributed by atoms with Crippen molar-refractivity contribution < 1.29 is 15.3 Å². The molecule has 0 amide bonds. The second kappa shape index (κ2) is 8.38. The Kier molecular flexibility index (Phi) is 7.53. The van der Waals surface area contributed by atoms with Gasteiger partial charge in [0.15, 0.2) is 0 Å². The van der Waals surface area contributed by atoms with Crippen LogP contribution in [0.25, 0.3) is 0 Å². The van der Waals surface area contributed by atoms with Crippen molar-refractivity contribution in [2.24, 2.45) is 5.41 Å². The highest BCUT2D eigenvalue weighted by atomic mass is 127. The molecule has 3 nitrogen and oxygen atoms in total. The van der Waals surface area contributed by atoms with Gasteiger partial charge >= 0.3 is 0 Å². The van der Waals surface area contributed by atoms with Crippen LogP contribution in [0.2, 0.25) is 0 Å². The smallest absolute Gasteiger partial charge is 0.111 e. The Labute approximate surface area is 138 Å². The molecule has 1 aromatic carbocycles. The van der Waals surface area contributed by atoms with Crippen LogP contribution in [-0.2, 0) is 0 Å². The maximum atomic E-state index is 10.3. The highest BCUT2D eigenvalue weighted by Gasteiger charge is 2.34. The third-order valence-electron chi connectivity index (χ3n) is 3.02. The summed E-state index contributed by atoms with van der Waals surface area (Å²) in [5, 5.41) is 29.3. The minimum absolute atomic E-state index is 0.138. The molecule has 5 heteroatoms. The lowest BCUT2D eigenvalue weighted by Gasteiger charge is -2.33. The molecule has 0 bridgehead atoms. The van der Waals surface area contributed by atoms with Gasteiger partial charge in [0.25, 0.3) is 0 Å². The minimum atomic E-state index is -0.964. The molecule has 3 N–H and O–H groups in total. The van der Waals surface area contributed by atoms with E-state index >= 15 is 0 Å². The van der Waals surface area contributed by atoms with Crippen molar-refractivity contribution in [3.8, 4) is 0 Å². The van der Waals surface area contributed by atoms with Gasteiger partial charge in [-0.3, -0.25) is 0 Å². The molecule has 0 aliphatic carbocycles. The highest BCUT2D eigenvalue weighted by molar-refractivity contribution is 14.1. The second-order valence-electron chi connectivity index (χ2n) is 5.25. The molecule has 0 aromatic heterocycles. The maximum absolute atomic E-state index is 10.3. The van der Waals surface area contributed by atoms with E-state index in [4.69, 9.17) is 5.11 Å². The molecular weight excluding hydrogens is 387 g/mol. The van der Waals surface area contributed by atoms with E-state index in [1.807, 2.05) is 66.8 Å². The minimum Gasteiger partial charge on any atom is -0.392 e. The quantitative estimate of drug-likeness (QED) is 0.480. The average molecular weight is 408 g/mol. The van der Waals surface area contributed by atoms with E-state index in [2.05, 4.69) is 0 Å². The first kappa shape index (κ1) is 18.0. The first-order chi connectivity index (χ1) is 9.38. The molecule has 0 aliphatic rings. The molecule has 1 aromatic rings. The largest absolute Gasteiger partial charge is 0.392 e. The maximum Gasteiger partial charge on any atom is 0.111 e. The van der Waals surface area contributed by atoms with Gasteiger partial charge in [-0.2, -0.15) is 0 Å². The van der Waals surface area contributed by atoms with Crippen LogP contribution in [0.15, 0.2) is 44.9 Å². The van der Waals surface area contributed by atoms with Crippen molar-refractivity contribution in [1.29, 1.82) is 0 Å². The molecule has 0 fully saturated rings. The summed E-state index contributed by atoms with van der Waals surface area (Å²) >= 11 is 3.60. The molecule has 2 atom stereocenters. The average Bonchev–Trinajstić information content (AvgIpc) is 2.45. The second-order valence-corrected chi connectivity index (χ2v) is 7.55. The van der Waals surface area contributed by atoms with E-state index in [-0.39, 0.29) is 6.61 Å². The SMILES string of the molecule is CC(C)(CSc1ccccc1)[C@H](O)[C@@H](O)/C(I)=C/CO. The van der Waals surface area contributed by atoms with E-state index in [9.17, 15) is 10.2 Å². The first-order valence-electron chi connectivity index (χ1n) is 6.39. The standard InChI is InChI=1S/C15H21IO3S/c1-15(2,10-20-11-6-4-3-5-7-11)14(19)13(18)12(16)8-9-17/h3-8,13-14,17-19H,9-10H2,1-2H3/b12-8-/t13-,14+/m0/s1. The van der Waals surface area contributed by atoms with Gasteiger partial charge in [-0.1, -0.05) is 32.0 Å². The number of benzene rings is 1. The number of hydrogen-bond donors (Lipinski definition) is 3. The monoisotopic (exact) mass is 408 g/mol. The Morgan fingerprint density at radius 3 is 2.45 bits per heavy atom. The summed E-state index contributed by atoms with van der Waals surface area (Å²) in [7, 11) is 0. The zero-order valence-electron chi connectivity index (χ0n) is 11.7. The van der Waals surface area contributed by atoms with Crippen LogP contribution in [0.5, 0.6) is 0 Å². The summed E-state index contributed by atoms with van der Waals surface area (Å²) in [5.74, 6) is 0.693. The lowest BCUT2D eigenvalue weighted by Crippen LogP contribution is -2.41. The van der Waals surface area contributed by atoms with Crippen LogP contribution < -0.4 is 0 Å². The molecule has 0 heterocycles. The summed E-state index contributed by atoms with van der Waals surface area (Å²) in [5.41, 5.74) is -0.445. The molecule has 0 saturated heterocycles. The lowest BCUT2D eigenvalue weighted by molar-refractivity contribution is -0.0207. The summed E-state index contributed by atoms with van der Waals surface area (Å²) in [6, 6.07) is 9.98. The summed E-state index contributed by atoms with van der Waals surface area (Å²) in [6.07, 6.45) is -0.336. The van der Waals surface area contributed by atoms with Gasteiger partial charge in [-0.15, -0.1) is 11.8 Å². The molecule has 20 heavy (non-hydrogen) atoms. The van der Waals surface area contributed by atoms with Gasteiger partial charge in [0, 0.05) is 19.6 Å². The molecular formula is C15H21IO3S. The predicted molar refractivity (Wildman–Crippen MR) is 92.1 cm³/mol. The van der Waals surface area contributed by atoms with Crippen LogP contribution >= 0.6 is 34.4 Å². The van der Waals surface area contributed by atoms with E-state index in [0.29, 0.717) is 9.33 Å². The molecule has 0 aliphatic heterocycles. The van der Waals surface area contributed by atoms with Crippen molar-refractivity contribution in [3.05, 3.63) is 40.0 Å². The summed E-state index contributed by atoms with van der Waals surface area (Å²) in [4.78, 5) is 1.14. The van der Waals surface area contributed by atoms with Gasteiger partial charge in [-0.25, -0.2) is 0 Å². The van der Waals surface area contributed by atoms with Crippen molar-refractivity contribution in [2.75, 3.05) is 12.4 Å². The van der Waals surface area contributed by atoms with Crippen molar-refractivity contribution in [2.45, 2.75) is 31.0 Å². The van der Waals surface area contributed by atoms with Crippen LogP contribution in [0.3, 0.4) is 0 Å². The van der Waals surface area contributed by atoms with Crippen LogP contribution in [0.1, 0.15) is 13.8 Å². The Bertz CT molecular complexity index is 434. The summed E-state index contributed by atoms with van der Waals surface area (Å²) < 4.78 is 0.565. The van der Waals surface area contributed by atoms with E-state index in [0.717, 1.165) is 4.90 Å². The third kappa shape index (κ3) is 5.37. The van der Waals surface area contributed by atoms with Gasteiger partial charge in [0.2, 0.25) is 0 Å². The summed E-state index contributed by atoms with van der Waals surface area (Å²) in [6.45, 7) is 3.72. The Morgan fingerprint density at radius 1 is 1.30 bits per heavy atom. The Balaban J connectivity index is 2.65. The molecule has 1 rings (SSSR count). The van der Waals surface area contributed by atoms with Crippen molar-refractivity contribution in [1.82, 2.24) is 0 Å². The fourth-order valence-electron chi connectivity index (χ4n) is 1.66. The third-order valence-corrected chi connectivity index (χ3v) is 5.59. The van der Waals surface area contributed by atoms with E-state index in [1.165, 1.54) is 6.08 Å².